The van der Waals surface area contributed by atoms with Gasteiger partial charge in [-0.25, -0.2) is 5.43 Å². The Bertz CT molecular complexity index is 539. The van der Waals surface area contributed by atoms with E-state index in [4.69, 9.17) is 5.84 Å². The van der Waals surface area contributed by atoms with Crippen molar-refractivity contribution in [1.29, 1.82) is 0 Å². The Kier molecular flexibility index (Phi) is 4.33. The molecule has 0 saturated carbocycles. The summed E-state index contributed by atoms with van der Waals surface area (Å²) < 4.78 is 2.76. The highest BCUT2D eigenvalue weighted by atomic mass is 32.1. The fraction of sp³-hybridized carbons (Fsp3) is 0.467. The van der Waals surface area contributed by atoms with Crippen LogP contribution in [0.1, 0.15) is 49.4 Å². The van der Waals surface area contributed by atoms with E-state index in [-0.39, 0.29) is 6.04 Å². The molecule has 1 aliphatic rings. The lowest BCUT2D eigenvalue weighted by molar-refractivity contribution is 0.560. The third-order valence-electron chi connectivity index (χ3n) is 3.81. The average Bonchev–Trinajstić information content (AvgIpc) is 2.93. The van der Waals surface area contributed by atoms with Gasteiger partial charge >= 0.3 is 0 Å². The van der Waals surface area contributed by atoms with Crippen LogP contribution in [0.2, 0.25) is 0 Å². The van der Waals surface area contributed by atoms with Gasteiger partial charge < -0.3 is 0 Å². The van der Waals surface area contributed by atoms with Gasteiger partial charge in [0.2, 0.25) is 0 Å². The number of hydrogen-bond donors (Lipinski definition) is 2. The maximum absolute atomic E-state index is 5.84. The Balaban J connectivity index is 1.88. The topological polar surface area (TPSA) is 38.0 Å². The van der Waals surface area contributed by atoms with Gasteiger partial charge in [-0.1, -0.05) is 24.5 Å². The number of hydrogen-bond acceptors (Lipinski definition) is 4. The molecule has 0 amide bonds. The van der Waals surface area contributed by atoms with Gasteiger partial charge in [-0.05, 0) is 43.2 Å². The highest BCUT2D eigenvalue weighted by molar-refractivity contribution is 7.27. The summed E-state index contributed by atoms with van der Waals surface area (Å²) in [6, 6.07) is 4.71. The van der Waals surface area contributed by atoms with Crippen LogP contribution in [0.3, 0.4) is 0 Å². The number of nitrogens with two attached hydrogens (primary N) is 1. The van der Waals surface area contributed by atoms with Crippen molar-refractivity contribution >= 4 is 32.1 Å². The van der Waals surface area contributed by atoms with Gasteiger partial charge in [0, 0.05) is 14.3 Å². The summed E-state index contributed by atoms with van der Waals surface area (Å²) in [5.41, 5.74) is 4.52. The van der Waals surface area contributed by atoms with E-state index in [1.54, 1.807) is 0 Å². The van der Waals surface area contributed by atoms with Crippen molar-refractivity contribution < 1.29 is 0 Å². The molecular weight excluding hydrogens is 272 g/mol. The average molecular weight is 292 g/mol. The van der Waals surface area contributed by atoms with Gasteiger partial charge in [0.1, 0.15) is 0 Å². The first-order valence-electron chi connectivity index (χ1n) is 7.00. The zero-order valence-electron chi connectivity index (χ0n) is 11.0. The van der Waals surface area contributed by atoms with Crippen molar-refractivity contribution in [2.75, 3.05) is 0 Å². The van der Waals surface area contributed by atoms with Crippen LogP contribution in [0.5, 0.6) is 0 Å². The highest BCUT2D eigenvalue weighted by Crippen LogP contribution is 2.37. The molecule has 19 heavy (non-hydrogen) atoms. The number of nitrogens with one attached hydrogen (secondary N) is 1. The summed E-state index contributed by atoms with van der Waals surface area (Å²) in [6.07, 6.45) is 10.1. The number of thiophene rings is 2. The number of hydrazine groups is 1. The molecule has 2 nitrogen and oxygen atoms in total. The molecule has 0 radical (unpaired) electrons. The largest absolute Gasteiger partial charge is 0.271 e. The Morgan fingerprint density at radius 3 is 2.89 bits per heavy atom. The van der Waals surface area contributed by atoms with Crippen LogP contribution in [0, 0.1) is 0 Å². The minimum absolute atomic E-state index is 0.211. The molecule has 0 bridgehead atoms. The van der Waals surface area contributed by atoms with Crippen molar-refractivity contribution in [3.05, 3.63) is 34.0 Å². The van der Waals surface area contributed by atoms with Crippen molar-refractivity contribution in [3.63, 3.8) is 0 Å². The van der Waals surface area contributed by atoms with E-state index in [0.29, 0.717) is 0 Å². The van der Waals surface area contributed by atoms with Crippen molar-refractivity contribution in [2.45, 2.75) is 44.6 Å². The molecule has 4 heteroatoms. The first-order chi connectivity index (χ1) is 9.38. The van der Waals surface area contributed by atoms with Crippen molar-refractivity contribution in [1.82, 2.24) is 5.43 Å². The Labute approximate surface area is 122 Å². The van der Waals surface area contributed by atoms with Gasteiger partial charge in [0.05, 0.1) is 6.04 Å². The summed E-state index contributed by atoms with van der Waals surface area (Å²) in [4.78, 5) is 1.36. The molecule has 1 atom stereocenters. The normalized spacial score (nSPS) is 21.6. The van der Waals surface area contributed by atoms with Crippen molar-refractivity contribution in [3.8, 4) is 0 Å². The van der Waals surface area contributed by atoms with Gasteiger partial charge in [0.15, 0.2) is 0 Å². The lowest BCUT2D eigenvalue weighted by Crippen LogP contribution is -2.29. The number of rotatable bonds is 3. The summed E-state index contributed by atoms with van der Waals surface area (Å²) in [7, 11) is 0. The lowest BCUT2D eigenvalue weighted by Gasteiger charge is -2.20. The van der Waals surface area contributed by atoms with E-state index in [1.807, 2.05) is 22.7 Å². The summed E-state index contributed by atoms with van der Waals surface area (Å²) in [5, 5.41) is 2.16. The zero-order chi connectivity index (χ0) is 13.1. The van der Waals surface area contributed by atoms with Crippen LogP contribution < -0.4 is 11.3 Å². The zero-order valence-corrected chi connectivity index (χ0v) is 12.7. The van der Waals surface area contributed by atoms with E-state index in [1.165, 1.54) is 58.4 Å². The van der Waals surface area contributed by atoms with E-state index in [9.17, 15) is 0 Å². The molecule has 0 aromatic carbocycles. The van der Waals surface area contributed by atoms with Gasteiger partial charge in [-0.3, -0.25) is 5.84 Å². The summed E-state index contributed by atoms with van der Waals surface area (Å²) >= 11 is 3.68. The minimum Gasteiger partial charge on any atom is -0.271 e. The highest BCUT2D eigenvalue weighted by Gasteiger charge is 2.18. The Morgan fingerprint density at radius 1 is 1.16 bits per heavy atom. The fourth-order valence-corrected chi connectivity index (χ4v) is 5.00. The molecule has 0 aliphatic heterocycles. The van der Waals surface area contributed by atoms with Crippen LogP contribution >= 0.6 is 22.7 Å². The SMILES string of the molecule is NNC(/C1=C/CCCCCC1)c1cc2sccc2s1. The number of allylic oxidation sites excluding steroid dienone is 1. The molecular formula is C15H20N2S2. The maximum atomic E-state index is 5.84. The first-order valence-corrected chi connectivity index (χ1v) is 8.70. The molecule has 0 saturated heterocycles. The molecule has 1 aliphatic carbocycles. The quantitative estimate of drug-likeness (QED) is 0.487. The van der Waals surface area contributed by atoms with E-state index >= 15 is 0 Å². The Morgan fingerprint density at radius 2 is 2.05 bits per heavy atom. The Hall–Kier alpha value is -0.680. The van der Waals surface area contributed by atoms with E-state index in [2.05, 4.69) is 29.0 Å². The molecule has 0 fully saturated rings. The van der Waals surface area contributed by atoms with Crippen LogP contribution in [0.4, 0.5) is 0 Å². The fourth-order valence-electron chi connectivity index (χ4n) is 2.78. The minimum atomic E-state index is 0.211. The maximum Gasteiger partial charge on any atom is 0.0763 e. The van der Waals surface area contributed by atoms with Gasteiger partial charge in [-0.15, -0.1) is 22.7 Å². The van der Waals surface area contributed by atoms with Crippen LogP contribution in [-0.2, 0) is 0 Å². The molecule has 2 aromatic rings. The molecule has 1 unspecified atom stereocenters. The molecule has 3 N–H and O–H groups in total. The second-order valence-electron chi connectivity index (χ2n) is 5.13. The summed E-state index contributed by atoms with van der Waals surface area (Å²) in [5.74, 6) is 5.84. The van der Waals surface area contributed by atoms with Crippen molar-refractivity contribution in [2.24, 2.45) is 5.84 Å². The molecule has 3 rings (SSSR count). The lowest BCUT2D eigenvalue weighted by atomic mass is 9.94. The first kappa shape index (κ1) is 13.3. The second-order valence-corrected chi connectivity index (χ2v) is 7.19. The molecule has 102 valence electrons. The van der Waals surface area contributed by atoms with Crippen LogP contribution in [0.25, 0.3) is 9.40 Å². The predicted molar refractivity (Wildman–Crippen MR) is 85.6 cm³/mol. The monoisotopic (exact) mass is 292 g/mol. The smallest absolute Gasteiger partial charge is 0.0763 e. The molecule has 2 aromatic heterocycles. The second kappa shape index (κ2) is 6.18. The van der Waals surface area contributed by atoms with Crippen LogP contribution in [-0.4, -0.2) is 0 Å². The third-order valence-corrected chi connectivity index (χ3v) is 5.96. The predicted octanol–water partition coefficient (Wildman–Crippen LogP) is 4.75. The molecule has 0 spiro atoms. The van der Waals surface area contributed by atoms with E-state index in [0.717, 1.165) is 0 Å². The molecule has 2 heterocycles. The third kappa shape index (κ3) is 2.92. The van der Waals surface area contributed by atoms with Gasteiger partial charge in [-0.2, -0.15) is 0 Å². The van der Waals surface area contributed by atoms with E-state index < -0.39 is 0 Å². The standard InChI is InChI=1S/C15H20N2S2/c16-17-15(11-6-4-2-1-3-5-7-11)14-10-13-12(19-14)8-9-18-13/h6,8-10,15,17H,1-5,7,16H2/b11-6+. The van der Waals surface area contributed by atoms with Gasteiger partial charge in [0.25, 0.3) is 0 Å². The van der Waals surface area contributed by atoms with Crippen LogP contribution in [0.15, 0.2) is 29.2 Å². The summed E-state index contributed by atoms with van der Waals surface area (Å²) in [6.45, 7) is 0. The number of fused-ring (bicyclic) bond motifs is 1.